The minimum Gasteiger partial charge on any atom is -0.461 e. The SMILES string of the molecule is Cc1cc(-c2cccc(C(=O)NCC3OC(O)C(O)[C@@H](O)[C@@H]3O)c2)ccc1O[C@H]1O[C@H](CO)[C@@H](O)[C@H](O)[C@]1(C)O. The third kappa shape index (κ3) is 5.99. The molecule has 0 saturated carbocycles. The molecule has 40 heavy (non-hydrogen) atoms. The van der Waals surface area contributed by atoms with Gasteiger partial charge in [0.25, 0.3) is 5.91 Å². The molecule has 2 saturated heterocycles. The molecule has 0 aliphatic carbocycles. The van der Waals surface area contributed by atoms with Gasteiger partial charge in [-0.25, -0.2) is 0 Å². The predicted molar refractivity (Wildman–Crippen MR) is 137 cm³/mol. The van der Waals surface area contributed by atoms with Crippen LogP contribution in [0.25, 0.3) is 11.1 Å². The van der Waals surface area contributed by atoms with E-state index in [-0.39, 0.29) is 12.1 Å². The lowest BCUT2D eigenvalue weighted by molar-refractivity contribution is -0.314. The molecule has 13 nitrogen and oxygen atoms in total. The van der Waals surface area contributed by atoms with Crippen LogP contribution in [0.15, 0.2) is 42.5 Å². The largest absolute Gasteiger partial charge is 0.461 e. The maximum absolute atomic E-state index is 12.8. The summed E-state index contributed by atoms with van der Waals surface area (Å²) in [5.41, 5.74) is 0.370. The molecule has 2 aliphatic heterocycles. The number of hydrogen-bond donors (Lipinski definition) is 9. The Labute approximate surface area is 229 Å². The van der Waals surface area contributed by atoms with E-state index in [0.29, 0.717) is 16.9 Å². The Balaban J connectivity index is 1.44. The summed E-state index contributed by atoms with van der Waals surface area (Å²) in [5.74, 6) is -0.177. The lowest BCUT2D eigenvalue weighted by atomic mass is 9.88. The van der Waals surface area contributed by atoms with Crippen LogP contribution < -0.4 is 10.1 Å². The van der Waals surface area contributed by atoms with E-state index >= 15 is 0 Å². The van der Waals surface area contributed by atoms with Crippen molar-refractivity contribution in [2.75, 3.05) is 13.2 Å². The number of hydrogen-bond acceptors (Lipinski definition) is 12. The van der Waals surface area contributed by atoms with Gasteiger partial charge in [0.2, 0.25) is 6.29 Å². The Morgan fingerprint density at radius 2 is 1.62 bits per heavy atom. The molecule has 2 heterocycles. The van der Waals surface area contributed by atoms with Crippen LogP contribution in [-0.2, 0) is 9.47 Å². The molecule has 3 unspecified atom stereocenters. The number of rotatable bonds is 7. The molecule has 2 aliphatic rings. The van der Waals surface area contributed by atoms with Crippen molar-refractivity contribution in [2.24, 2.45) is 0 Å². The van der Waals surface area contributed by atoms with Gasteiger partial charge in [-0.3, -0.25) is 4.79 Å². The highest BCUT2D eigenvalue weighted by atomic mass is 16.7. The summed E-state index contributed by atoms with van der Waals surface area (Å²) in [4.78, 5) is 12.8. The molecule has 4 rings (SSSR count). The second-order valence-electron chi connectivity index (χ2n) is 10.3. The van der Waals surface area contributed by atoms with Gasteiger partial charge in [0.1, 0.15) is 48.5 Å². The number of aryl methyl sites for hydroxylation is 1. The fraction of sp³-hybridized carbons (Fsp3) is 0.519. The van der Waals surface area contributed by atoms with Crippen LogP contribution in [0.5, 0.6) is 5.75 Å². The summed E-state index contributed by atoms with van der Waals surface area (Å²) in [5, 5.41) is 82.2. The molecule has 10 atom stereocenters. The van der Waals surface area contributed by atoms with E-state index in [4.69, 9.17) is 14.2 Å². The number of amides is 1. The molecule has 1 amide bonds. The maximum Gasteiger partial charge on any atom is 0.251 e. The van der Waals surface area contributed by atoms with Crippen molar-refractivity contribution in [3.8, 4) is 16.9 Å². The molecule has 220 valence electrons. The monoisotopic (exact) mass is 565 g/mol. The summed E-state index contributed by atoms with van der Waals surface area (Å²) in [6.07, 6.45) is -13.3. The molecule has 0 radical (unpaired) electrons. The Morgan fingerprint density at radius 3 is 2.30 bits per heavy atom. The molecular formula is C27H35NO12. The molecule has 2 fully saturated rings. The van der Waals surface area contributed by atoms with Gasteiger partial charge in [0, 0.05) is 12.1 Å². The normalized spacial score (nSPS) is 36.2. The minimum atomic E-state index is -1.97. The summed E-state index contributed by atoms with van der Waals surface area (Å²) < 4.78 is 16.4. The van der Waals surface area contributed by atoms with E-state index in [2.05, 4.69) is 5.32 Å². The second-order valence-corrected chi connectivity index (χ2v) is 10.3. The zero-order valence-electron chi connectivity index (χ0n) is 21.9. The molecule has 0 aromatic heterocycles. The fourth-order valence-electron chi connectivity index (χ4n) is 4.67. The smallest absolute Gasteiger partial charge is 0.251 e. The average Bonchev–Trinajstić information content (AvgIpc) is 2.94. The predicted octanol–water partition coefficient (Wildman–Crippen LogP) is -2.24. The van der Waals surface area contributed by atoms with Crippen LogP contribution in [0, 0.1) is 6.92 Å². The topological polar surface area (TPSA) is 219 Å². The molecular weight excluding hydrogens is 530 g/mol. The zero-order valence-corrected chi connectivity index (χ0v) is 21.9. The van der Waals surface area contributed by atoms with E-state index in [9.17, 15) is 45.6 Å². The number of carbonyl (C=O) groups excluding carboxylic acids is 1. The lowest BCUT2D eigenvalue weighted by Gasteiger charge is -2.45. The zero-order chi connectivity index (χ0) is 29.4. The number of aliphatic hydroxyl groups excluding tert-OH is 7. The number of nitrogens with one attached hydrogen (secondary N) is 1. The molecule has 9 N–H and O–H groups in total. The molecule has 2 aromatic rings. The first kappa shape index (κ1) is 30.3. The van der Waals surface area contributed by atoms with E-state index in [0.717, 1.165) is 5.56 Å². The van der Waals surface area contributed by atoms with Crippen molar-refractivity contribution in [2.45, 2.75) is 74.8 Å². The third-order valence-electron chi connectivity index (χ3n) is 7.28. The standard InChI is InChI=1S/C27H35NO12/c1-12-8-14(6-7-16(12)39-26-27(2,37)23(34)20(31)18(11-29)40-26)13-4-3-5-15(9-13)24(35)28-10-17-19(30)21(32)22(33)25(36)38-17/h3-9,17-23,25-26,29-34,36-37H,10-11H2,1-2H3,(H,28,35)/t17?,18-,19-,20-,21+,22?,23+,25?,26+,27+/m1/s1. The van der Waals surface area contributed by atoms with Crippen LogP contribution in [-0.4, -0.2) is 121 Å². The van der Waals surface area contributed by atoms with Crippen LogP contribution >= 0.6 is 0 Å². The summed E-state index contributed by atoms with van der Waals surface area (Å²) >= 11 is 0. The van der Waals surface area contributed by atoms with Crippen LogP contribution in [0.1, 0.15) is 22.8 Å². The second kappa shape index (κ2) is 12.0. The van der Waals surface area contributed by atoms with Crippen molar-refractivity contribution in [3.63, 3.8) is 0 Å². The average molecular weight is 566 g/mol. The Bertz CT molecular complexity index is 1190. The summed E-state index contributed by atoms with van der Waals surface area (Å²) in [7, 11) is 0. The van der Waals surface area contributed by atoms with Gasteiger partial charge < -0.3 is 60.4 Å². The number of carbonyl (C=O) groups is 1. The van der Waals surface area contributed by atoms with E-state index in [1.165, 1.54) is 6.92 Å². The highest BCUT2D eigenvalue weighted by molar-refractivity contribution is 5.95. The van der Waals surface area contributed by atoms with E-state index < -0.39 is 73.4 Å². The Morgan fingerprint density at radius 1 is 0.925 bits per heavy atom. The van der Waals surface area contributed by atoms with E-state index in [1.54, 1.807) is 49.4 Å². The van der Waals surface area contributed by atoms with Crippen molar-refractivity contribution in [1.82, 2.24) is 5.32 Å². The van der Waals surface area contributed by atoms with Gasteiger partial charge in [-0.15, -0.1) is 0 Å². The van der Waals surface area contributed by atoms with Gasteiger partial charge in [-0.05, 0) is 54.8 Å². The first-order valence-electron chi connectivity index (χ1n) is 12.7. The third-order valence-corrected chi connectivity index (χ3v) is 7.28. The number of ether oxygens (including phenoxy) is 3. The van der Waals surface area contributed by atoms with Crippen molar-refractivity contribution >= 4 is 5.91 Å². The van der Waals surface area contributed by atoms with Gasteiger partial charge >= 0.3 is 0 Å². The Hall–Kier alpha value is -2.69. The highest BCUT2D eigenvalue weighted by Crippen LogP contribution is 2.34. The number of benzene rings is 2. The molecule has 0 bridgehead atoms. The first-order chi connectivity index (χ1) is 18.8. The van der Waals surface area contributed by atoms with E-state index in [1.807, 2.05) is 0 Å². The van der Waals surface area contributed by atoms with Gasteiger partial charge in [-0.1, -0.05) is 18.2 Å². The van der Waals surface area contributed by atoms with Crippen molar-refractivity contribution in [3.05, 3.63) is 53.6 Å². The summed E-state index contributed by atoms with van der Waals surface area (Å²) in [6, 6.07) is 11.8. The van der Waals surface area contributed by atoms with Gasteiger partial charge in [0.15, 0.2) is 11.9 Å². The van der Waals surface area contributed by atoms with Crippen LogP contribution in [0.4, 0.5) is 0 Å². The first-order valence-corrected chi connectivity index (χ1v) is 12.7. The molecule has 13 heteroatoms. The molecule has 0 spiro atoms. The van der Waals surface area contributed by atoms with Crippen molar-refractivity contribution in [1.29, 1.82) is 0 Å². The van der Waals surface area contributed by atoms with Gasteiger partial charge in [-0.2, -0.15) is 0 Å². The number of aliphatic hydroxyl groups is 8. The highest BCUT2D eigenvalue weighted by Gasteiger charge is 2.53. The summed E-state index contributed by atoms with van der Waals surface area (Å²) in [6.45, 7) is 2.19. The van der Waals surface area contributed by atoms with Crippen molar-refractivity contribution < 1.29 is 59.9 Å². The molecule has 2 aromatic carbocycles. The van der Waals surface area contributed by atoms with Gasteiger partial charge in [0.05, 0.1) is 6.61 Å². The minimum absolute atomic E-state index is 0.230. The van der Waals surface area contributed by atoms with Crippen LogP contribution in [0.2, 0.25) is 0 Å². The quantitative estimate of drug-likeness (QED) is 0.174. The fourth-order valence-corrected chi connectivity index (χ4v) is 4.67. The maximum atomic E-state index is 12.8. The lowest BCUT2D eigenvalue weighted by Crippen LogP contribution is -2.66. The van der Waals surface area contributed by atoms with Crippen LogP contribution in [0.3, 0.4) is 0 Å². The Kier molecular flexibility index (Phi) is 9.11.